The van der Waals surface area contributed by atoms with Gasteiger partial charge in [0.05, 0.1) is 38.3 Å². The zero-order chi connectivity index (χ0) is 27.0. The van der Waals surface area contributed by atoms with Crippen LogP contribution in [0.3, 0.4) is 0 Å². The molecule has 4 atom stereocenters. The fraction of sp³-hybridized carbons (Fsp3) is 0.760. The van der Waals surface area contributed by atoms with E-state index < -0.39 is 20.6 Å². The van der Waals surface area contributed by atoms with Crippen molar-refractivity contribution in [1.29, 1.82) is 0 Å². The number of Topliss-reactive ketones (excluding diaryl/α,β-unsaturated/α-hetero) is 1. The number of nitrogens with zero attached hydrogens (tertiary/aromatic N) is 1. The molecule has 1 N–H and O–H groups in total. The van der Waals surface area contributed by atoms with E-state index in [1.807, 2.05) is 19.1 Å². The Labute approximate surface area is 219 Å². The first-order valence-electron chi connectivity index (χ1n) is 13.0. The van der Waals surface area contributed by atoms with Crippen LogP contribution in [0.1, 0.15) is 26.7 Å². The first-order valence-corrected chi connectivity index (χ1v) is 14.9. The lowest BCUT2D eigenvalue weighted by Gasteiger charge is -2.31. The minimum absolute atomic E-state index is 0.0466. The minimum Gasteiger partial charge on any atom is -0.379 e. The van der Waals surface area contributed by atoms with Crippen molar-refractivity contribution in [3.8, 4) is 0 Å². The number of rotatable bonds is 18. The molecule has 0 radical (unpaired) electrons. The summed E-state index contributed by atoms with van der Waals surface area (Å²) in [6.45, 7) is 5.70. The number of likely N-dealkylation sites (tertiary alicyclic amines) is 1. The quantitative estimate of drug-likeness (QED) is 0.116. The fourth-order valence-corrected chi connectivity index (χ4v) is 8.10. The van der Waals surface area contributed by atoms with Crippen LogP contribution in [0.5, 0.6) is 0 Å². The Hall–Kier alpha value is -1.96. The number of carbonyl (C=O) groups is 4. The molecular formula is C25H40N2O9Si. The molecule has 2 fully saturated rings. The highest BCUT2D eigenvalue weighted by molar-refractivity contribution is 6.60. The Balaban J connectivity index is 1.41. The average Bonchev–Trinajstić information content (AvgIpc) is 3.49. The number of fused-ring (bicyclic) bond motifs is 5. The van der Waals surface area contributed by atoms with Crippen LogP contribution in [0.15, 0.2) is 12.2 Å². The third-order valence-electron chi connectivity index (χ3n) is 7.44. The number of ether oxygens (including phenoxy) is 2. The zero-order valence-corrected chi connectivity index (χ0v) is 23.2. The van der Waals surface area contributed by atoms with Gasteiger partial charge in [0.15, 0.2) is 0 Å². The van der Waals surface area contributed by atoms with Gasteiger partial charge in [0.25, 0.3) is 0 Å². The molecule has 208 valence electrons. The van der Waals surface area contributed by atoms with E-state index in [-0.39, 0.29) is 54.2 Å². The number of carbonyl (C=O) groups excluding carboxylic acids is 4. The molecule has 2 bridgehead atoms. The van der Waals surface area contributed by atoms with Crippen molar-refractivity contribution in [2.45, 2.75) is 32.7 Å². The van der Waals surface area contributed by atoms with Gasteiger partial charge < -0.3 is 28.1 Å². The summed E-state index contributed by atoms with van der Waals surface area (Å²) in [5, 5.41) is 2.74. The van der Waals surface area contributed by atoms with Crippen LogP contribution in [0.2, 0.25) is 6.04 Å². The molecule has 37 heavy (non-hydrogen) atoms. The molecule has 0 spiro atoms. The van der Waals surface area contributed by atoms with Gasteiger partial charge >= 0.3 is 8.80 Å². The zero-order valence-electron chi connectivity index (χ0n) is 22.2. The van der Waals surface area contributed by atoms with Gasteiger partial charge in [-0.15, -0.1) is 0 Å². The van der Waals surface area contributed by atoms with Crippen LogP contribution < -0.4 is 5.32 Å². The summed E-state index contributed by atoms with van der Waals surface area (Å²) in [6.07, 6.45) is 4.52. The second-order valence-electron chi connectivity index (χ2n) is 9.59. The molecule has 3 amide bonds. The summed E-state index contributed by atoms with van der Waals surface area (Å²) in [5.74, 6) is -1.42. The molecule has 2 aliphatic carbocycles. The number of imide groups is 1. The smallest absolute Gasteiger partial charge is 0.379 e. The lowest BCUT2D eigenvalue weighted by Crippen LogP contribution is -2.47. The standard InChI is InChI=1S/C25H40N2O9Si/c1-5-36-37(32-3,33-4)16-20-18-6-7-19(20)23-22(18)24(30)27(25(23)31)11-8-21(29)26-10-13-35-15-14-34-12-9-17(2)28/h6-7,18-20,22-23H,5,8-16H2,1-4H3,(H,26,29). The summed E-state index contributed by atoms with van der Waals surface area (Å²) in [6, 6.07) is 0.554. The van der Waals surface area contributed by atoms with Crippen molar-refractivity contribution in [2.75, 3.05) is 60.3 Å². The molecule has 1 aliphatic heterocycles. The number of hydrogen-bond donors (Lipinski definition) is 1. The van der Waals surface area contributed by atoms with E-state index in [0.29, 0.717) is 52.0 Å². The first kappa shape index (κ1) is 29.6. The monoisotopic (exact) mass is 540 g/mol. The highest BCUT2D eigenvalue weighted by atomic mass is 28.4. The van der Waals surface area contributed by atoms with E-state index >= 15 is 0 Å². The summed E-state index contributed by atoms with van der Waals surface area (Å²) in [5.41, 5.74) is 0. The van der Waals surface area contributed by atoms with Crippen molar-refractivity contribution >= 4 is 32.3 Å². The second-order valence-corrected chi connectivity index (χ2v) is 12.5. The number of amides is 3. The van der Waals surface area contributed by atoms with E-state index in [1.54, 1.807) is 14.2 Å². The van der Waals surface area contributed by atoms with E-state index in [1.165, 1.54) is 11.8 Å². The summed E-state index contributed by atoms with van der Waals surface area (Å²) >= 11 is 0. The summed E-state index contributed by atoms with van der Waals surface area (Å²) in [7, 11) is 0.283. The van der Waals surface area contributed by atoms with Crippen molar-refractivity contribution in [3.05, 3.63) is 12.2 Å². The maximum Gasteiger partial charge on any atom is 0.500 e. The van der Waals surface area contributed by atoms with Gasteiger partial charge in [-0.25, -0.2) is 0 Å². The summed E-state index contributed by atoms with van der Waals surface area (Å²) < 4.78 is 27.9. The highest BCUT2D eigenvalue weighted by Gasteiger charge is 2.65. The van der Waals surface area contributed by atoms with Crippen LogP contribution in [-0.4, -0.2) is 97.6 Å². The lowest BCUT2D eigenvalue weighted by molar-refractivity contribution is -0.141. The molecule has 4 unspecified atom stereocenters. The topological polar surface area (TPSA) is 130 Å². The van der Waals surface area contributed by atoms with E-state index in [4.69, 9.17) is 22.8 Å². The Morgan fingerprint density at radius 3 is 2.08 bits per heavy atom. The summed E-state index contributed by atoms with van der Waals surface area (Å²) in [4.78, 5) is 50.8. The molecule has 3 aliphatic rings. The van der Waals surface area contributed by atoms with Crippen LogP contribution in [0.25, 0.3) is 0 Å². The molecule has 1 saturated carbocycles. The molecule has 1 heterocycles. The van der Waals surface area contributed by atoms with Gasteiger partial charge in [-0.3, -0.25) is 24.1 Å². The molecule has 12 heteroatoms. The minimum atomic E-state index is -2.88. The van der Waals surface area contributed by atoms with Crippen molar-refractivity contribution in [1.82, 2.24) is 10.2 Å². The molecule has 11 nitrogen and oxygen atoms in total. The van der Waals surface area contributed by atoms with Gasteiger partial charge in [-0.05, 0) is 31.6 Å². The van der Waals surface area contributed by atoms with Crippen LogP contribution in [-0.2, 0) is 41.9 Å². The SMILES string of the molecule is CCO[Si](CC1C2C=CC1C1C(=O)N(CCC(=O)NCCOCCOCCC(C)=O)C(=O)C21)(OC)OC. The fourth-order valence-electron chi connectivity index (χ4n) is 5.68. The maximum atomic E-state index is 13.2. The van der Waals surface area contributed by atoms with Crippen molar-refractivity contribution in [2.24, 2.45) is 29.6 Å². The molecule has 0 aromatic rings. The number of allylic oxidation sites excluding steroid dienone is 2. The second kappa shape index (κ2) is 13.7. The normalized spacial score (nSPS) is 26.3. The van der Waals surface area contributed by atoms with Crippen LogP contribution >= 0.6 is 0 Å². The number of ketones is 1. The molecule has 3 rings (SSSR count). The van der Waals surface area contributed by atoms with E-state index in [0.717, 1.165) is 0 Å². The Morgan fingerprint density at radius 1 is 0.946 bits per heavy atom. The van der Waals surface area contributed by atoms with Crippen LogP contribution in [0.4, 0.5) is 0 Å². The highest BCUT2D eigenvalue weighted by Crippen LogP contribution is 2.58. The van der Waals surface area contributed by atoms with Crippen molar-refractivity contribution in [3.63, 3.8) is 0 Å². The molecule has 0 aromatic heterocycles. The molecular weight excluding hydrogens is 500 g/mol. The molecule has 1 saturated heterocycles. The predicted molar refractivity (Wildman–Crippen MR) is 134 cm³/mol. The first-order chi connectivity index (χ1) is 17.8. The maximum absolute atomic E-state index is 13.2. The van der Waals surface area contributed by atoms with Gasteiger partial charge in [0, 0.05) is 52.8 Å². The van der Waals surface area contributed by atoms with E-state index in [9.17, 15) is 19.2 Å². The Morgan fingerprint density at radius 2 is 1.54 bits per heavy atom. The Kier molecular flexibility index (Phi) is 11.0. The Bertz CT molecular complexity index is 831. The largest absolute Gasteiger partial charge is 0.500 e. The number of hydrogen-bond acceptors (Lipinski definition) is 9. The van der Waals surface area contributed by atoms with Crippen LogP contribution in [0, 0.1) is 29.6 Å². The predicted octanol–water partition coefficient (Wildman–Crippen LogP) is 0.806. The number of nitrogens with one attached hydrogen (secondary N) is 1. The molecule has 0 aromatic carbocycles. The van der Waals surface area contributed by atoms with Gasteiger partial charge in [-0.2, -0.15) is 0 Å². The van der Waals surface area contributed by atoms with Gasteiger partial charge in [0.1, 0.15) is 5.78 Å². The van der Waals surface area contributed by atoms with Gasteiger partial charge in [-0.1, -0.05) is 12.2 Å². The lowest BCUT2D eigenvalue weighted by atomic mass is 9.85. The third kappa shape index (κ3) is 6.92. The average molecular weight is 541 g/mol. The van der Waals surface area contributed by atoms with E-state index in [2.05, 4.69) is 5.32 Å². The van der Waals surface area contributed by atoms with Crippen molar-refractivity contribution < 1.29 is 41.9 Å². The third-order valence-corrected chi connectivity index (χ3v) is 10.4. The van der Waals surface area contributed by atoms with Gasteiger partial charge in [0.2, 0.25) is 17.7 Å².